The number of likely N-dealkylation sites (N-methyl/N-ethyl adjacent to an activating group) is 1. The second kappa shape index (κ2) is 6.24. The molecule has 1 rings (SSSR count). The van der Waals surface area contributed by atoms with E-state index in [9.17, 15) is 0 Å². The van der Waals surface area contributed by atoms with Crippen molar-refractivity contribution in [3.8, 4) is 5.75 Å². The first kappa shape index (κ1) is 15.0. The summed E-state index contributed by atoms with van der Waals surface area (Å²) in [5, 5.41) is 3.30. The zero-order chi connectivity index (χ0) is 13.9. The number of hydrogen-bond donors (Lipinski definition) is 1. The van der Waals surface area contributed by atoms with Gasteiger partial charge >= 0.3 is 0 Å². The molecule has 0 amide bonds. The van der Waals surface area contributed by atoms with Crippen molar-refractivity contribution in [3.63, 3.8) is 0 Å². The highest BCUT2D eigenvalue weighted by Gasteiger charge is 2.23. The number of methoxy groups -OCH3 is 1. The van der Waals surface area contributed by atoms with E-state index in [1.807, 2.05) is 7.05 Å². The number of ether oxygens (including phenoxy) is 1. The molecule has 2 nitrogen and oxygen atoms in total. The fourth-order valence-electron chi connectivity index (χ4n) is 2.69. The van der Waals surface area contributed by atoms with E-state index in [0.29, 0.717) is 11.8 Å². The van der Waals surface area contributed by atoms with E-state index in [-0.39, 0.29) is 0 Å². The number of nitrogens with one attached hydrogen (secondary N) is 1. The zero-order valence-electron chi connectivity index (χ0n) is 12.8. The molecule has 1 atom stereocenters. The Kier molecular flexibility index (Phi) is 5.21. The quantitative estimate of drug-likeness (QED) is 0.861. The summed E-state index contributed by atoms with van der Waals surface area (Å²) in [6.07, 6.45) is 0. The van der Waals surface area contributed by atoms with Gasteiger partial charge in [-0.15, -0.1) is 0 Å². The average molecular weight is 249 g/mol. The molecule has 1 unspecified atom stereocenters. The van der Waals surface area contributed by atoms with Gasteiger partial charge in [-0.1, -0.05) is 19.9 Å². The number of aryl methyl sites for hydroxylation is 2. The van der Waals surface area contributed by atoms with Crippen LogP contribution in [0.2, 0.25) is 0 Å². The van der Waals surface area contributed by atoms with Crippen molar-refractivity contribution in [1.29, 1.82) is 0 Å². The molecule has 18 heavy (non-hydrogen) atoms. The molecule has 0 aromatic heterocycles. The third-order valence-electron chi connectivity index (χ3n) is 3.84. The van der Waals surface area contributed by atoms with Crippen molar-refractivity contribution in [1.82, 2.24) is 5.32 Å². The highest BCUT2D eigenvalue weighted by Crippen LogP contribution is 2.37. The maximum Gasteiger partial charge on any atom is 0.125 e. The van der Waals surface area contributed by atoms with Gasteiger partial charge in [0.25, 0.3) is 0 Å². The Morgan fingerprint density at radius 1 is 1.17 bits per heavy atom. The normalized spacial score (nSPS) is 12.9. The molecule has 0 radical (unpaired) electrons. The van der Waals surface area contributed by atoms with Crippen LogP contribution in [0.3, 0.4) is 0 Å². The molecule has 0 saturated carbocycles. The summed E-state index contributed by atoms with van der Waals surface area (Å²) in [7, 11) is 3.79. The molecular weight excluding hydrogens is 222 g/mol. The molecule has 0 heterocycles. The molecule has 0 bridgehead atoms. The van der Waals surface area contributed by atoms with Crippen LogP contribution in [0.5, 0.6) is 5.75 Å². The van der Waals surface area contributed by atoms with Crippen molar-refractivity contribution < 1.29 is 4.74 Å². The molecular formula is C16H27NO. The van der Waals surface area contributed by atoms with Gasteiger partial charge in [0.2, 0.25) is 0 Å². The first-order chi connectivity index (χ1) is 8.43. The predicted molar refractivity (Wildman–Crippen MR) is 78.7 cm³/mol. The third kappa shape index (κ3) is 2.86. The average Bonchev–Trinajstić information content (AvgIpc) is 2.30. The fourth-order valence-corrected chi connectivity index (χ4v) is 2.69. The van der Waals surface area contributed by atoms with E-state index in [0.717, 1.165) is 12.3 Å². The zero-order valence-corrected chi connectivity index (χ0v) is 12.8. The minimum absolute atomic E-state index is 0.490. The molecule has 0 spiro atoms. The Morgan fingerprint density at radius 3 is 2.22 bits per heavy atom. The largest absolute Gasteiger partial charge is 0.496 e. The van der Waals surface area contributed by atoms with Gasteiger partial charge in [0.1, 0.15) is 5.75 Å². The summed E-state index contributed by atoms with van der Waals surface area (Å²) in [5.41, 5.74) is 5.27. The van der Waals surface area contributed by atoms with E-state index in [1.165, 1.54) is 22.3 Å². The highest BCUT2D eigenvalue weighted by molar-refractivity contribution is 5.51. The molecule has 1 aromatic rings. The van der Waals surface area contributed by atoms with Crippen LogP contribution in [0.1, 0.15) is 42.0 Å². The minimum atomic E-state index is 0.490. The summed E-state index contributed by atoms with van der Waals surface area (Å²) >= 11 is 0. The van der Waals surface area contributed by atoms with E-state index in [2.05, 4.69) is 46.0 Å². The monoisotopic (exact) mass is 249 g/mol. The molecule has 0 aliphatic heterocycles. The summed E-state index contributed by atoms with van der Waals surface area (Å²) in [4.78, 5) is 0. The van der Waals surface area contributed by atoms with Crippen LogP contribution in [0.25, 0.3) is 0 Å². The number of rotatable bonds is 5. The summed E-state index contributed by atoms with van der Waals surface area (Å²) in [5.74, 6) is 2.15. The Morgan fingerprint density at radius 2 is 1.78 bits per heavy atom. The Bertz CT molecular complexity index is 410. The maximum atomic E-state index is 5.69. The van der Waals surface area contributed by atoms with Gasteiger partial charge < -0.3 is 10.1 Å². The van der Waals surface area contributed by atoms with Crippen molar-refractivity contribution in [2.45, 2.75) is 40.5 Å². The van der Waals surface area contributed by atoms with E-state index >= 15 is 0 Å². The van der Waals surface area contributed by atoms with Gasteiger partial charge in [0.05, 0.1) is 7.11 Å². The van der Waals surface area contributed by atoms with Crippen molar-refractivity contribution >= 4 is 0 Å². The first-order valence-corrected chi connectivity index (χ1v) is 6.73. The van der Waals surface area contributed by atoms with Crippen LogP contribution in [0, 0.1) is 26.7 Å². The standard InChI is InChI=1S/C16H27NO/c1-10(2)14(9-17-6)15-12(4)8-11(3)13(5)16(15)18-7/h8,10,14,17H,9H2,1-7H3. The van der Waals surface area contributed by atoms with Crippen LogP contribution in [-0.4, -0.2) is 20.7 Å². The minimum Gasteiger partial charge on any atom is -0.496 e. The number of benzene rings is 1. The molecule has 102 valence electrons. The highest BCUT2D eigenvalue weighted by atomic mass is 16.5. The van der Waals surface area contributed by atoms with Crippen molar-refractivity contribution in [3.05, 3.63) is 28.3 Å². The maximum absolute atomic E-state index is 5.69. The lowest BCUT2D eigenvalue weighted by Gasteiger charge is -2.27. The predicted octanol–water partition coefficient (Wildman–Crippen LogP) is 3.58. The smallest absolute Gasteiger partial charge is 0.125 e. The van der Waals surface area contributed by atoms with Gasteiger partial charge in [0.15, 0.2) is 0 Å². The second-order valence-electron chi connectivity index (χ2n) is 5.49. The fraction of sp³-hybridized carbons (Fsp3) is 0.625. The molecule has 2 heteroatoms. The summed E-state index contributed by atoms with van der Waals surface area (Å²) < 4.78 is 5.69. The summed E-state index contributed by atoms with van der Waals surface area (Å²) in [6, 6.07) is 2.28. The van der Waals surface area contributed by atoms with Crippen molar-refractivity contribution in [2.24, 2.45) is 5.92 Å². The van der Waals surface area contributed by atoms with Gasteiger partial charge in [-0.05, 0) is 50.4 Å². The molecule has 0 fully saturated rings. The van der Waals surface area contributed by atoms with Crippen LogP contribution in [0.4, 0.5) is 0 Å². The lowest BCUT2D eigenvalue weighted by molar-refractivity contribution is 0.387. The van der Waals surface area contributed by atoms with Gasteiger partial charge in [-0.2, -0.15) is 0 Å². The Balaban J connectivity index is 3.41. The first-order valence-electron chi connectivity index (χ1n) is 6.73. The third-order valence-corrected chi connectivity index (χ3v) is 3.84. The molecule has 0 aliphatic carbocycles. The second-order valence-corrected chi connectivity index (χ2v) is 5.49. The van der Waals surface area contributed by atoms with Gasteiger partial charge in [-0.25, -0.2) is 0 Å². The Hall–Kier alpha value is -1.02. The van der Waals surface area contributed by atoms with Crippen molar-refractivity contribution in [2.75, 3.05) is 20.7 Å². The lowest BCUT2D eigenvalue weighted by Crippen LogP contribution is -2.23. The summed E-state index contributed by atoms with van der Waals surface area (Å²) in [6.45, 7) is 12.0. The van der Waals surface area contributed by atoms with Gasteiger partial charge in [0, 0.05) is 18.0 Å². The molecule has 0 aliphatic rings. The van der Waals surface area contributed by atoms with E-state index in [4.69, 9.17) is 4.74 Å². The SMILES string of the molecule is CNCC(c1c(C)cc(C)c(C)c1OC)C(C)C. The van der Waals surface area contributed by atoms with Crippen LogP contribution in [0.15, 0.2) is 6.07 Å². The van der Waals surface area contributed by atoms with Crippen LogP contribution < -0.4 is 10.1 Å². The lowest BCUT2D eigenvalue weighted by atomic mass is 9.83. The van der Waals surface area contributed by atoms with Crippen LogP contribution >= 0.6 is 0 Å². The number of hydrogen-bond acceptors (Lipinski definition) is 2. The molecule has 0 saturated heterocycles. The van der Waals surface area contributed by atoms with E-state index < -0.39 is 0 Å². The molecule has 1 aromatic carbocycles. The van der Waals surface area contributed by atoms with E-state index in [1.54, 1.807) is 7.11 Å². The Labute approximate surface area is 112 Å². The molecule has 1 N–H and O–H groups in total. The topological polar surface area (TPSA) is 21.3 Å². The van der Waals surface area contributed by atoms with Gasteiger partial charge in [-0.3, -0.25) is 0 Å². The van der Waals surface area contributed by atoms with Crippen LogP contribution in [-0.2, 0) is 0 Å².